The van der Waals surface area contributed by atoms with Crippen molar-refractivity contribution in [2.75, 3.05) is 0 Å². The van der Waals surface area contributed by atoms with Crippen LogP contribution in [0.4, 0.5) is 4.39 Å². The van der Waals surface area contributed by atoms with Gasteiger partial charge in [0, 0.05) is 4.08 Å². The van der Waals surface area contributed by atoms with E-state index >= 15 is 0 Å². The molecule has 0 saturated carbocycles. The second-order valence-electron chi connectivity index (χ2n) is 0.413. The first-order valence-electron chi connectivity index (χ1n) is 0.900. The van der Waals surface area contributed by atoms with Crippen molar-refractivity contribution in [1.82, 2.24) is 0 Å². The van der Waals surface area contributed by atoms with Gasteiger partial charge in [0.25, 0.3) is 0 Å². The maximum Gasteiger partial charge on any atom is 0.192 e. The normalized spacial score (nSPS) is 12.0. The van der Waals surface area contributed by atoms with Crippen molar-refractivity contribution in [3.8, 4) is 0 Å². The summed E-state index contributed by atoms with van der Waals surface area (Å²) in [5, 5.41) is -0.550. The van der Waals surface area contributed by atoms with Gasteiger partial charge >= 0.3 is 0 Å². The van der Waals surface area contributed by atoms with Crippen LogP contribution in [0.2, 0.25) is 0 Å². The minimum Gasteiger partial charge on any atom is -0.194 e. The fraction of sp³-hybridized carbons (Fsp3) is 0. The van der Waals surface area contributed by atoms with Crippen molar-refractivity contribution >= 4 is 35.2 Å². The molecule has 0 aromatic carbocycles. The van der Waals surface area contributed by atoms with E-state index in [0.29, 0.717) is 0 Å². The van der Waals surface area contributed by atoms with Crippen LogP contribution in [-0.4, -0.2) is 0 Å². The Kier molecular flexibility index (Phi) is 3.19. The first-order chi connectivity index (χ1) is 2.27. The lowest BCUT2D eigenvalue weighted by Crippen LogP contribution is -1.36. The van der Waals surface area contributed by atoms with Crippen LogP contribution in [0.5, 0.6) is 0 Å². The van der Waals surface area contributed by atoms with E-state index in [1.165, 1.54) is 4.08 Å². The Morgan fingerprint density at radius 2 is 2.20 bits per heavy atom. The van der Waals surface area contributed by atoms with Crippen LogP contribution in [0.25, 0.3) is 0 Å². The molecule has 0 fully saturated rings. The summed E-state index contributed by atoms with van der Waals surface area (Å²) in [5.74, 6) is 0. The summed E-state index contributed by atoms with van der Waals surface area (Å²) >= 11 is 5.70. The smallest absolute Gasteiger partial charge is 0.192 e. The van der Waals surface area contributed by atoms with E-state index in [-0.39, 0.29) is 0 Å². The van der Waals surface area contributed by atoms with Gasteiger partial charge in [0.2, 0.25) is 0 Å². The van der Waals surface area contributed by atoms with Gasteiger partial charge < -0.3 is 0 Å². The molecule has 1 radical (unpaired) electrons. The number of rotatable bonds is 0. The van der Waals surface area contributed by atoms with Crippen molar-refractivity contribution < 1.29 is 4.39 Å². The molecule has 29 valence electrons. The fourth-order valence-electron chi connectivity index (χ4n) is 0. The van der Waals surface area contributed by atoms with Crippen molar-refractivity contribution in [3.05, 3.63) is 9.24 Å². The Balaban J connectivity index is 3.14. The summed E-state index contributed by atoms with van der Waals surface area (Å²) in [6.45, 7) is 0. The van der Waals surface area contributed by atoms with E-state index in [1.807, 2.05) is 0 Å². The highest BCUT2D eigenvalue weighted by Crippen LogP contribution is 2.02. The van der Waals surface area contributed by atoms with Crippen molar-refractivity contribution in [2.24, 2.45) is 0 Å². The predicted octanol–water partition coefficient (Wildman–Crippen LogP) is 2.39. The largest absolute Gasteiger partial charge is 0.194 e. The summed E-state index contributed by atoms with van der Waals surface area (Å²) in [7, 11) is 0. The zero-order valence-corrected chi connectivity index (χ0v) is 5.22. The molecule has 0 aliphatic carbocycles. The average molecular weight is 203 g/mol. The first-order valence-corrected chi connectivity index (χ1v) is 2.55. The van der Waals surface area contributed by atoms with Crippen LogP contribution < -0.4 is 0 Å². The molecule has 0 aliphatic rings. The SMILES string of the molecule is FC([S])=CI. The van der Waals surface area contributed by atoms with Gasteiger partial charge in [-0.25, -0.2) is 0 Å². The van der Waals surface area contributed by atoms with Gasteiger partial charge in [0.15, 0.2) is 5.16 Å². The summed E-state index contributed by atoms with van der Waals surface area (Å²) in [6.07, 6.45) is 0. The molecule has 0 spiro atoms. The molecule has 0 aliphatic heterocycles. The third kappa shape index (κ3) is 4.62. The van der Waals surface area contributed by atoms with Gasteiger partial charge in [0.05, 0.1) is 0 Å². The molecule has 0 bridgehead atoms. The van der Waals surface area contributed by atoms with Gasteiger partial charge in [-0.15, -0.1) is 0 Å². The molecule has 0 heterocycles. The molecule has 0 aromatic rings. The molecule has 0 nitrogen and oxygen atoms in total. The Morgan fingerprint density at radius 1 is 2.00 bits per heavy atom. The van der Waals surface area contributed by atoms with E-state index in [4.69, 9.17) is 0 Å². The summed E-state index contributed by atoms with van der Waals surface area (Å²) in [4.78, 5) is 0. The van der Waals surface area contributed by atoms with E-state index in [1.54, 1.807) is 22.6 Å². The van der Waals surface area contributed by atoms with Crippen molar-refractivity contribution in [1.29, 1.82) is 0 Å². The van der Waals surface area contributed by atoms with E-state index in [0.717, 1.165) is 0 Å². The molecule has 5 heavy (non-hydrogen) atoms. The molecule has 0 aromatic heterocycles. The van der Waals surface area contributed by atoms with Crippen molar-refractivity contribution in [3.63, 3.8) is 0 Å². The van der Waals surface area contributed by atoms with Crippen LogP contribution >= 0.6 is 35.2 Å². The first kappa shape index (κ1) is 5.62. The monoisotopic (exact) mass is 203 g/mol. The zero-order chi connectivity index (χ0) is 4.28. The molecule has 0 amide bonds. The van der Waals surface area contributed by atoms with Crippen LogP contribution in [0, 0.1) is 0 Å². The average Bonchev–Trinajstić information content (AvgIpc) is 1.38. The second-order valence-corrected chi connectivity index (χ2v) is 1.43. The highest BCUT2D eigenvalue weighted by atomic mass is 127. The van der Waals surface area contributed by atoms with E-state index < -0.39 is 5.16 Å². The molecular formula is C2HFIS. The summed E-state index contributed by atoms with van der Waals surface area (Å²) < 4.78 is 12.3. The maximum atomic E-state index is 11.1. The predicted molar refractivity (Wildman–Crippen MR) is 30.8 cm³/mol. The number of hydrogen-bond acceptors (Lipinski definition) is 0. The fourth-order valence-corrected chi connectivity index (χ4v) is 0. The van der Waals surface area contributed by atoms with Gasteiger partial charge in [-0.05, 0) is 35.2 Å². The van der Waals surface area contributed by atoms with Crippen LogP contribution in [0.3, 0.4) is 0 Å². The van der Waals surface area contributed by atoms with Gasteiger partial charge in [-0.1, -0.05) is 0 Å². The highest BCUT2D eigenvalue weighted by molar-refractivity contribution is 14.1. The van der Waals surface area contributed by atoms with Crippen LogP contribution in [0.15, 0.2) is 9.24 Å². The third-order valence-electron chi connectivity index (χ3n) is 0.0858. The minimum absolute atomic E-state index is 0.550. The topological polar surface area (TPSA) is 0 Å². The standard InChI is InChI=1S/C2HFIS/c3-2(5)1-4/h1H. The van der Waals surface area contributed by atoms with Crippen molar-refractivity contribution in [2.45, 2.75) is 0 Å². The van der Waals surface area contributed by atoms with Gasteiger partial charge in [-0.3, -0.25) is 0 Å². The quantitative estimate of drug-likeness (QED) is 0.530. The summed E-state index contributed by atoms with van der Waals surface area (Å²) in [5.41, 5.74) is 0. The van der Waals surface area contributed by atoms with E-state index in [9.17, 15) is 4.39 Å². The Bertz CT molecular complexity index is 47.6. The molecule has 3 heteroatoms. The minimum atomic E-state index is -0.550. The van der Waals surface area contributed by atoms with Crippen LogP contribution in [0.1, 0.15) is 0 Å². The highest BCUT2D eigenvalue weighted by Gasteiger charge is 1.72. The Hall–Kier alpha value is 0.620. The molecule has 0 atom stereocenters. The Morgan fingerprint density at radius 3 is 2.20 bits per heavy atom. The molecule has 0 rings (SSSR count). The summed E-state index contributed by atoms with van der Waals surface area (Å²) in [6, 6.07) is 0. The zero-order valence-electron chi connectivity index (χ0n) is 2.24. The molecule has 0 N–H and O–H groups in total. The lowest BCUT2D eigenvalue weighted by molar-refractivity contribution is 0.705. The molecule has 0 unspecified atom stereocenters. The lowest BCUT2D eigenvalue weighted by Gasteiger charge is -1.63. The van der Waals surface area contributed by atoms with Gasteiger partial charge in [-0.2, -0.15) is 4.39 Å². The third-order valence-corrected chi connectivity index (χ3v) is 1.17. The number of hydrogen-bond donors (Lipinski definition) is 0. The second kappa shape index (κ2) is 2.84. The lowest BCUT2D eigenvalue weighted by atomic mass is 11.2. The van der Waals surface area contributed by atoms with Gasteiger partial charge in [0.1, 0.15) is 0 Å². The molecule has 0 saturated heterocycles. The molecular weight excluding hydrogens is 202 g/mol. The maximum absolute atomic E-state index is 11.1. The van der Waals surface area contributed by atoms with Crippen LogP contribution in [-0.2, 0) is 0 Å². The number of halogens is 2. The Labute approximate surface area is 49.0 Å². The van der Waals surface area contributed by atoms with E-state index in [2.05, 4.69) is 12.6 Å².